The fourth-order valence-electron chi connectivity index (χ4n) is 0.391. The number of hydrogen-bond donors (Lipinski definition) is 0. The van der Waals surface area contributed by atoms with Crippen molar-refractivity contribution in [2.24, 2.45) is 0 Å². The fraction of sp³-hybridized carbons (Fsp3) is 0.167. The van der Waals surface area contributed by atoms with Crippen molar-refractivity contribution in [3.05, 3.63) is 25.4 Å². The van der Waals surface area contributed by atoms with Gasteiger partial charge < -0.3 is 0 Å². The predicted octanol–water partition coefficient (Wildman–Crippen LogP) is 4.43. The van der Waals surface area contributed by atoms with Crippen LogP contribution in [0.1, 0.15) is 0 Å². The van der Waals surface area contributed by atoms with Crippen molar-refractivity contribution < 1.29 is 0 Å². The Morgan fingerprint density at radius 3 is 2.18 bits per heavy atom. The number of hydrogen-bond acceptors (Lipinski definition) is 5. The molecule has 0 N–H and O–H groups in total. The van der Waals surface area contributed by atoms with Crippen LogP contribution < -0.4 is 0 Å². The molecule has 60 valence electrons. The molecule has 0 spiro atoms. The van der Waals surface area contributed by atoms with Gasteiger partial charge in [0.15, 0.2) is 0 Å². The number of rotatable bonds is 0. The maximum absolute atomic E-state index is 4.78. The van der Waals surface area contributed by atoms with Gasteiger partial charge in [0, 0.05) is 16.5 Å². The first-order valence-corrected chi connectivity index (χ1v) is 7.40. The minimum Gasteiger partial charge on any atom is -0.121 e. The standard InChI is InChI=1S/C3H2S3.C3H4S2/c4-3-5-1-2-6-3;1-2-4-5-3-1/h1-2H;1-2H,3H2. The summed E-state index contributed by atoms with van der Waals surface area (Å²) in [5.74, 6) is 1.20. The molecule has 1 aromatic rings. The third-order valence-electron chi connectivity index (χ3n) is 0.768. The highest BCUT2D eigenvalue weighted by Crippen LogP contribution is 2.27. The Kier molecular flexibility index (Phi) is 5.57. The molecular formula is C6H6S5. The van der Waals surface area contributed by atoms with E-state index in [1.165, 1.54) is 5.75 Å². The molecule has 0 amide bonds. The molecule has 0 saturated heterocycles. The quantitative estimate of drug-likeness (QED) is 0.484. The van der Waals surface area contributed by atoms with Crippen molar-refractivity contribution in [1.82, 2.24) is 0 Å². The predicted molar refractivity (Wildman–Crippen MR) is 62.2 cm³/mol. The van der Waals surface area contributed by atoms with Crippen molar-refractivity contribution in [2.45, 2.75) is 0 Å². The lowest BCUT2D eigenvalue weighted by Crippen LogP contribution is -1.46. The summed E-state index contributed by atoms with van der Waals surface area (Å²) in [6, 6.07) is 0. The molecule has 0 radical (unpaired) electrons. The molecule has 0 aliphatic carbocycles. The minimum absolute atomic E-state index is 1.01. The van der Waals surface area contributed by atoms with Crippen molar-refractivity contribution in [3.63, 3.8) is 0 Å². The van der Waals surface area contributed by atoms with Crippen LogP contribution in [0.4, 0.5) is 0 Å². The van der Waals surface area contributed by atoms with E-state index < -0.39 is 0 Å². The minimum atomic E-state index is 1.01. The van der Waals surface area contributed by atoms with Crippen LogP contribution in [-0.2, 0) is 0 Å². The summed E-state index contributed by atoms with van der Waals surface area (Å²) in [5, 5.41) is 6.10. The molecular weight excluding hydrogens is 232 g/mol. The van der Waals surface area contributed by atoms with E-state index in [2.05, 4.69) is 11.5 Å². The zero-order valence-electron chi connectivity index (χ0n) is 5.56. The normalized spacial score (nSPS) is 14.2. The highest BCUT2D eigenvalue weighted by molar-refractivity contribution is 8.78. The van der Waals surface area contributed by atoms with Crippen LogP contribution in [0.25, 0.3) is 0 Å². The second kappa shape index (κ2) is 6.25. The monoisotopic (exact) mass is 238 g/mol. The summed E-state index contributed by atoms with van der Waals surface area (Å²) < 4.78 is 1.01. The molecule has 1 aromatic heterocycles. The van der Waals surface area contributed by atoms with E-state index in [0.717, 1.165) is 3.14 Å². The molecule has 0 bridgehead atoms. The first-order chi connectivity index (χ1) is 5.39. The second-order valence-electron chi connectivity index (χ2n) is 1.51. The van der Waals surface area contributed by atoms with Gasteiger partial charge in [-0.2, -0.15) is 0 Å². The van der Waals surface area contributed by atoms with Gasteiger partial charge in [-0.3, -0.25) is 0 Å². The second-order valence-corrected chi connectivity index (χ2v) is 6.84. The van der Waals surface area contributed by atoms with Crippen molar-refractivity contribution in [3.8, 4) is 0 Å². The van der Waals surface area contributed by atoms with E-state index in [-0.39, 0.29) is 0 Å². The third-order valence-corrected chi connectivity index (χ3v) is 4.94. The van der Waals surface area contributed by atoms with Crippen LogP contribution in [0.15, 0.2) is 22.2 Å². The average molecular weight is 238 g/mol. The molecule has 1 aliphatic heterocycles. The van der Waals surface area contributed by atoms with Crippen LogP contribution in [0.5, 0.6) is 0 Å². The Morgan fingerprint density at radius 1 is 1.27 bits per heavy atom. The molecule has 0 unspecified atom stereocenters. The summed E-state index contributed by atoms with van der Waals surface area (Å²) in [5.41, 5.74) is 0. The lowest BCUT2D eigenvalue weighted by atomic mass is 10.8. The van der Waals surface area contributed by atoms with Crippen molar-refractivity contribution in [1.29, 1.82) is 0 Å². The Labute approximate surface area is 87.1 Å². The zero-order valence-corrected chi connectivity index (χ0v) is 9.64. The molecule has 1 aliphatic rings. The van der Waals surface area contributed by atoms with Gasteiger partial charge in [-0.05, 0) is 5.41 Å². The summed E-state index contributed by atoms with van der Waals surface area (Å²) in [4.78, 5) is 0. The Hall–Kier alpha value is 0.710. The van der Waals surface area contributed by atoms with E-state index in [9.17, 15) is 0 Å². The first-order valence-electron chi connectivity index (χ1n) is 2.85. The van der Waals surface area contributed by atoms with Gasteiger partial charge in [-0.15, -0.1) is 22.7 Å². The lowest BCUT2D eigenvalue weighted by molar-refractivity contribution is 1.85. The van der Waals surface area contributed by atoms with Gasteiger partial charge in [0.1, 0.15) is 3.14 Å². The summed E-state index contributed by atoms with van der Waals surface area (Å²) >= 11 is 8.00. The van der Waals surface area contributed by atoms with Crippen molar-refractivity contribution in [2.75, 3.05) is 5.75 Å². The van der Waals surface area contributed by atoms with Gasteiger partial charge in [0.2, 0.25) is 0 Å². The Morgan fingerprint density at radius 2 is 2.00 bits per heavy atom. The lowest BCUT2D eigenvalue weighted by Gasteiger charge is -1.69. The average Bonchev–Trinajstić information content (AvgIpc) is 2.57. The Balaban J connectivity index is 0.000000112. The van der Waals surface area contributed by atoms with Gasteiger partial charge in [0.05, 0.1) is 0 Å². The van der Waals surface area contributed by atoms with Gasteiger partial charge >= 0.3 is 0 Å². The summed E-state index contributed by atoms with van der Waals surface area (Å²) in [6.07, 6.45) is 2.16. The molecule has 0 fully saturated rings. The summed E-state index contributed by atoms with van der Waals surface area (Å²) in [7, 11) is 3.69. The van der Waals surface area contributed by atoms with Gasteiger partial charge in [-0.1, -0.05) is 39.9 Å². The molecule has 2 rings (SSSR count). The SMILES string of the molecule is C1=CSSC1.S=c1sccs1. The maximum atomic E-state index is 4.78. The molecule has 11 heavy (non-hydrogen) atoms. The summed E-state index contributed by atoms with van der Waals surface area (Å²) in [6.45, 7) is 0. The van der Waals surface area contributed by atoms with E-state index >= 15 is 0 Å². The van der Waals surface area contributed by atoms with Crippen LogP contribution in [0, 0.1) is 3.14 Å². The molecule has 2 heterocycles. The van der Waals surface area contributed by atoms with E-state index in [1.807, 2.05) is 32.3 Å². The van der Waals surface area contributed by atoms with E-state index in [1.54, 1.807) is 22.7 Å². The van der Waals surface area contributed by atoms with Crippen LogP contribution in [-0.4, -0.2) is 5.75 Å². The van der Waals surface area contributed by atoms with Gasteiger partial charge in [-0.25, -0.2) is 0 Å². The first kappa shape index (κ1) is 9.80. The topological polar surface area (TPSA) is 0 Å². The zero-order chi connectivity index (χ0) is 7.94. The molecule has 0 aromatic carbocycles. The van der Waals surface area contributed by atoms with E-state index in [0.29, 0.717) is 0 Å². The molecule has 0 atom stereocenters. The highest BCUT2D eigenvalue weighted by Gasteiger charge is 1.85. The third kappa shape index (κ3) is 5.03. The molecule has 0 saturated carbocycles. The fourth-order valence-corrected chi connectivity index (χ4v) is 3.52. The van der Waals surface area contributed by atoms with Crippen LogP contribution >= 0.6 is 56.5 Å². The Bertz CT molecular complexity index is 235. The maximum Gasteiger partial charge on any atom is 0.143 e. The van der Waals surface area contributed by atoms with Crippen LogP contribution in [0.3, 0.4) is 0 Å². The van der Waals surface area contributed by atoms with Crippen molar-refractivity contribution >= 4 is 56.5 Å². The van der Waals surface area contributed by atoms with Gasteiger partial charge in [0.25, 0.3) is 0 Å². The molecule has 0 nitrogen and oxygen atoms in total. The smallest absolute Gasteiger partial charge is 0.121 e. The largest absolute Gasteiger partial charge is 0.143 e. The van der Waals surface area contributed by atoms with Crippen LogP contribution in [0.2, 0.25) is 0 Å². The molecule has 5 heteroatoms. The van der Waals surface area contributed by atoms with E-state index in [4.69, 9.17) is 12.2 Å². The highest BCUT2D eigenvalue weighted by atomic mass is 33.1.